The number of hydrogen-bond acceptors (Lipinski definition) is 2. The lowest BCUT2D eigenvalue weighted by molar-refractivity contribution is 0.0953. The van der Waals surface area contributed by atoms with Gasteiger partial charge in [-0.1, -0.05) is 6.07 Å². The van der Waals surface area contributed by atoms with Crippen LogP contribution < -0.4 is 11.1 Å². The lowest BCUT2D eigenvalue weighted by Crippen LogP contribution is -2.26. The minimum atomic E-state index is -0.614. The molecule has 0 aliphatic carbocycles. The van der Waals surface area contributed by atoms with Crippen molar-refractivity contribution in [2.45, 2.75) is 13.3 Å². The van der Waals surface area contributed by atoms with E-state index in [1.165, 1.54) is 24.3 Å². The molecular weight excluding hydrogens is 274 g/mol. The number of rotatable bonds is 4. The van der Waals surface area contributed by atoms with Gasteiger partial charge in [-0.05, 0) is 54.8 Å². The van der Waals surface area contributed by atoms with Crippen molar-refractivity contribution < 1.29 is 13.6 Å². The molecule has 21 heavy (non-hydrogen) atoms. The van der Waals surface area contributed by atoms with Gasteiger partial charge < -0.3 is 11.1 Å². The van der Waals surface area contributed by atoms with Crippen molar-refractivity contribution in [2.24, 2.45) is 0 Å². The Kier molecular flexibility index (Phi) is 4.52. The van der Waals surface area contributed by atoms with Crippen molar-refractivity contribution in [3.05, 3.63) is 64.7 Å². The second-order valence-electron chi connectivity index (χ2n) is 4.81. The van der Waals surface area contributed by atoms with Crippen LogP contribution in [0.2, 0.25) is 0 Å². The summed E-state index contributed by atoms with van der Waals surface area (Å²) in [7, 11) is 0. The first kappa shape index (κ1) is 15.0. The monoisotopic (exact) mass is 290 g/mol. The van der Waals surface area contributed by atoms with Crippen LogP contribution in [0.15, 0.2) is 36.4 Å². The van der Waals surface area contributed by atoms with E-state index in [0.29, 0.717) is 13.0 Å². The molecule has 0 aliphatic rings. The van der Waals surface area contributed by atoms with Gasteiger partial charge in [-0.25, -0.2) is 8.78 Å². The van der Waals surface area contributed by atoms with E-state index >= 15 is 0 Å². The maximum absolute atomic E-state index is 13.3. The molecule has 0 radical (unpaired) electrons. The third-order valence-corrected chi connectivity index (χ3v) is 3.25. The minimum Gasteiger partial charge on any atom is -0.396 e. The molecule has 0 fully saturated rings. The van der Waals surface area contributed by atoms with Gasteiger partial charge in [0, 0.05) is 12.1 Å². The molecule has 0 aliphatic heterocycles. The first-order valence-electron chi connectivity index (χ1n) is 6.55. The quantitative estimate of drug-likeness (QED) is 0.851. The number of nitrogens with two attached hydrogens (primary N) is 1. The number of hydrogen-bond donors (Lipinski definition) is 2. The summed E-state index contributed by atoms with van der Waals surface area (Å²) in [4.78, 5) is 11.9. The minimum absolute atomic E-state index is 0.00786. The molecule has 5 heteroatoms. The van der Waals surface area contributed by atoms with Gasteiger partial charge >= 0.3 is 0 Å². The molecule has 2 rings (SSSR count). The van der Waals surface area contributed by atoms with Crippen LogP contribution in [-0.4, -0.2) is 12.5 Å². The van der Waals surface area contributed by atoms with E-state index in [0.717, 1.165) is 17.2 Å². The highest BCUT2D eigenvalue weighted by Crippen LogP contribution is 2.12. The predicted molar refractivity (Wildman–Crippen MR) is 78.0 cm³/mol. The lowest BCUT2D eigenvalue weighted by atomic mass is 10.1. The maximum Gasteiger partial charge on any atom is 0.251 e. The van der Waals surface area contributed by atoms with E-state index in [4.69, 9.17) is 5.73 Å². The predicted octanol–water partition coefficient (Wildman–Crippen LogP) is 2.83. The Hall–Kier alpha value is -2.43. The Balaban J connectivity index is 1.93. The zero-order chi connectivity index (χ0) is 15.4. The second kappa shape index (κ2) is 6.35. The van der Waals surface area contributed by atoms with E-state index < -0.39 is 5.82 Å². The summed E-state index contributed by atoms with van der Waals surface area (Å²) in [5, 5.41) is 2.70. The van der Waals surface area contributed by atoms with Gasteiger partial charge in [-0.15, -0.1) is 0 Å². The number of halogens is 2. The van der Waals surface area contributed by atoms with E-state index in [-0.39, 0.29) is 23.0 Å². The Bertz CT molecular complexity index is 671. The van der Waals surface area contributed by atoms with Crippen LogP contribution >= 0.6 is 0 Å². The molecule has 3 N–H and O–H groups in total. The van der Waals surface area contributed by atoms with Gasteiger partial charge in [0.2, 0.25) is 0 Å². The molecule has 0 heterocycles. The summed E-state index contributed by atoms with van der Waals surface area (Å²) in [5.74, 6) is -1.26. The number of amides is 1. The van der Waals surface area contributed by atoms with Crippen LogP contribution in [0.25, 0.3) is 0 Å². The molecule has 0 aromatic heterocycles. The van der Waals surface area contributed by atoms with Crippen LogP contribution in [0.3, 0.4) is 0 Å². The van der Waals surface area contributed by atoms with Crippen molar-refractivity contribution in [1.82, 2.24) is 5.32 Å². The molecular formula is C16H16F2N2O. The summed E-state index contributed by atoms with van der Waals surface area (Å²) in [6.45, 7) is 2.20. The Morgan fingerprint density at radius 1 is 1.19 bits per heavy atom. The fourth-order valence-corrected chi connectivity index (χ4v) is 2.02. The third-order valence-electron chi connectivity index (χ3n) is 3.25. The Morgan fingerprint density at radius 2 is 1.95 bits per heavy atom. The molecule has 0 atom stereocenters. The van der Waals surface area contributed by atoms with Gasteiger partial charge in [0.15, 0.2) is 0 Å². The van der Waals surface area contributed by atoms with Crippen molar-refractivity contribution in [2.75, 3.05) is 12.3 Å². The number of carbonyl (C=O) groups excluding carboxylic acids is 1. The van der Waals surface area contributed by atoms with Crippen molar-refractivity contribution in [3.8, 4) is 0 Å². The Labute approximate surface area is 121 Å². The van der Waals surface area contributed by atoms with E-state index in [2.05, 4.69) is 5.32 Å². The SMILES string of the molecule is Cc1cc(F)ccc1CCNC(=O)c1ccc(N)c(F)c1. The number of nitrogen functional groups attached to an aromatic ring is 1. The molecule has 0 spiro atoms. The highest BCUT2D eigenvalue weighted by Gasteiger charge is 2.08. The van der Waals surface area contributed by atoms with Gasteiger partial charge in [0.1, 0.15) is 11.6 Å². The number of nitrogens with one attached hydrogen (secondary N) is 1. The zero-order valence-electron chi connectivity index (χ0n) is 11.6. The summed E-state index contributed by atoms with van der Waals surface area (Å²) in [5.41, 5.74) is 7.38. The third kappa shape index (κ3) is 3.78. The summed E-state index contributed by atoms with van der Waals surface area (Å²) in [6.07, 6.45) is 0.579. The molecule has 0 saturated carbocycles. The lowest BCUT2D eigenvalue weighted by Gasteiger charge is -2.08. The average Bonchev–Trinajstić information content (AvgIpc) is 2.44. The fraction of sp³-hybridized carbons (Fsp3) is 0.188. The first-order valence-corrected chi connectivity index (χ1v) is 6.55. The standard InChI is InChI=1S/C16H16F2N2O/c1-10-8-13(17)4-2-11(10)6-7-20-16(21)12-3-5-15(19)14(18)9-12/h2-5,8-9H,6-7,19H2,1H3,(H,20,21). The molecule has 2 aromatic carbocycles. The van der Waals surface area contributed by atoms with Crippen molar-refractivity contribution in [3.63, 3.8) is 0 Å². The van der Waals surface area contributed by atoms with Crippen LogP contribution in [-0.2, 0) is 6.42 Å². The highest BCUT2D eigenvalue weighted by atomic mass is 19.1. The largest absolute Gasteiger partial charge is 0.396 e. The van der Waals surface area contributed by atoms with Gasteiger partial charge in [0.25, 0.3) is 5.91 Å². The smallest absolute Gasteiger partial charge is 0.251 e. The summed E-state index contributed by atoms with van der Waals surface area (Å²) in [6, 6.07) is 8.46. The van der Waals surface area contributed by atoms with Crippen molar-refractivity contribution in [1.29, 1.82) is 0 Å². The van der Waals surface area contributed by atoms with E-state index in [1.807, 2.05) is 6.92 Å². The van der Waals surface area contributed by atoms with Gasteiger partial charge in [-0.2, -0.15) is 0 Å². The number of aryl methyl sites for hydroxylation is 1. The fourth-order valence-electron chi connectivity index (χ4n) is 2.02. The van der Waals surface area contributed by atoms with Crippen LogP contribution in [0.1, 0.15) is 21.5 Å². The molecule has 0 saturated heterocycles. The zero-order valence-corrected chi connectivity index (χ0v) is 11.6. The second-order valence-corrected chi connectivity index (χ2v) is 4.81. The first-order chi connectivity index (χ1) is 9.97. The molecule has 3 nitrogen and oxygen atoms in total. The number of anilines is 1. The maximum atomic E-state index is 13.3. The van der Waals surface area contributed by atoms with Crippen molar-refractivity contribution >= 4 is 11.6 Å². The molecule has 0 unspecified atom stereocenters. The van der Waals surface area contributed by atoms with Crippen LogP contribution in [0.5, 0.6) is 0 Å². The van der Waals surface area contributed by atoms with E-state index in [9.17, 15) is 13.6 Å². The normalized spacial score (nSPS) is 10.4. The molecule has 2 aromatic rings. The summed E-state index contributed by atoms with van der Waals surface area (Å²) < 4.78 is 26.3. The summed E-state index contributed by atoms with van der Waals surface area (Å²) >= 11 is 0. The molecule has 1 amide bonds. The molecule has 0 bridgehead atoms. The van der Waals surface area contributed by atoms with Gasteiger partial charge in [-0.3, -0.25) is 4.79 Å². The topological polar surface area (TPSA) is 55.1 Å². The number of carbonyl (C=O) groups is 1. The molecule has 110 valence electrons. The van der Waals surface area contributed by atoms with Gasteiger partial charge in [0.05, 0.1) is 5.69 Å². The average molecular weight is 290 g/mol. The van der Waals surface area contributed by atoms with Crippen LogP contribution in [0.4, 0.5) is 14.5 Å². The highest BCUT2D eigenvalue weighted by molar-refractivity contribution is 5.94. The van der Waals surface area contributed by atoms with Crippen LogP contribution in [0, 0.1) is 18.6 Å². The van der Waals surface area contributed by atoms with E-state index in [1.54, 1.807) is 6.07 Å². The number of benzene rings is 2. The Morgan fingerprint density at radius 3 is 2.62 bits per heavy atom.